The summed E-state index contributed by atoms with van der Waals surface area (Å²) in [5.41, 5.74) is 9.87. The molecule has 4 aromatic rings. The summed E-state index contributed by atoms with van der Waals surface area (Å²) in [7, 11) is 1.80. The number of nitrogens with zero attached hydrogens (tertiary/aromatic N) is 3. The number of nitrogens with one attached hydrogen (secondary N) is 1. The fourth-order valence-electron chi connectivity index (χ4n) is 11.3. The molecule has 0 saturated carbocycles. The van der Waals surface area contributed by atoms with Crippen LogP contribution in [0.15, 0.2) is 91.1 Å². The van der Waals surface area contributed by atoms with Gasteiger partial charge in [0.25, 0.3) is 5.91 Å². The first-order valence-electron chi connectivity index (χ1n) is 21.4. The summed E-state index contributed by atoms with van der Waals surface area (Å²) < 4.78 is 12.6. The lowest BCUT2D eigenvalue weighted by molar-refractivity contribution is -0.126. The molecule has 5 aliphatic heterocycles. The minimum absolute atomic E-state index is 0.0194. The number of allylic oxidation sites excluding steroid dienone is 1. The van der Waals surface area contributed by atoms with Gasteiger partial charge in [0.05, 0.1) is 20.3 Å². The highest BCUT2D eigenvalue weighted by Crippen LogP contribution is 2.51. The summed E-state index contributed by atoms with van der Waals surface area (Å²) in [5, 5.41) is 13.2. The quantitative estimate of drug-likeness (QED) is 0.199. The van der Waals surface area contributed by atoms with E-state index in [0.717, 1.165) is 94.0 Å². The number of piperidine rings is 3. The number of methoxy groups -OCH3 is 1. The van der Waals surface area contributed by atoms with Crippen molar-refractivity contribution in [3.05, 3.63) is 130 Å². The standard InChI is InChI=1S/C49H54N4O5/c1-31-8-17-43(47(55)50-31)53-29-41-39(48(53)56)15-16-42-46(41)58-30-49(42)20-24-51(25-21-49)28-32-18-22-52(23-19-32)35-10-13-40(44(27-35)57-2)45-37(33-6-4-3-5-7-33)12-9-34-26-36(54)11-14-38(34)45/h3-7,10-11,13-16,26-27,32,37,43,45,54H,1,8-9,12,17-25,28-30H2,2H3,(H,50,55)/t37-,43-,45+/m0/s1. The summed E-state index contributed by atoms with van der Waals surface area (Å²) >= 11 is 0. The van der Waals surface area contributed by atoms with Gasteiger partial charge < -0.3 is 34.6 Å². The predicted molar refractivity (Wildman–Crippen MR) is 225 cm³/mol. The van der Waals surface area contributed by atoms with Crippen molar-refractivity contribution in [3.8, 4) is 17.2 Å². The molecule has 0 unspecified atom stereocenters. The molecule has 2 N–H and O–H groups in total. The number of hydrogen-bond acceptors (Lipinski definition) is 7. The highest BCUT2D eigenvalue weighted by Gasteiger charge is 2.47. The van der Waals surface area contributed by atoms with Crippen molar-refractivity contribution in [3.63, 3.8) is 0 Å². The largest absolute Gasteiger partial charge is 0.508 e. The highest BCUT2D eigenvalue weighted by atomic mass is 16.5. The van der Waals surface area contributed by atoms with Crippen LogP contribution in [0.3, 0.4) is 0 Å². The van der Waals surface area contributed by atoms with Crippen molar-refractivity contribution < 1.29 is 24.2 Å². The Bertz CT molecular complexity index is 2260. The molecule has 3 atom stereocenters. The molecule has 9 nitrogen and oxygen atoms in total. The molecular formula is C49H54N4O5. The molecular weight excluding hydrogens is 725 g/mol. The molecule has 2 amide bonds. The van der Waals surface area contributed by atoms with Crippen LogP contribution in [0.5, 0.6) is 17.2 Å². The van der Waals surface area contributed by atoms with Gasteiger partial charge in [-0.25, -0.2) is 0 Å². The van der Waals surface area contributed by atoms with Crippen LogP contribution in [0, 0.1) is 5.92 Å². The summed E-state index contributed by atoms with van der Waals surface area (Å²) in [5.74, 6) is 3.07. The Morgan fingerprint density at radius 1 is 0.897 bits per heavy atom. The molecule has 1 aliphatic carbocycles. The number of carbonyl (C=O) groups excluding carboxylic acids is 2. The van der Waals surface area contributed by atoms with E-state index in [1.165, 1.54) is 33.5 Å². The van der Waals surface area contributed by atoms with E-state index in [1.54, 1.807) is 12.0 Å². The second kappa shape index (κ2) is 14.8. The number of phenols is 1. The first kappa shape index (κ1) is 37.0. The number of amides is 2. The Hall–Kier alpha value is -5.28. The van der Waals surface area contributed by atoms with E-state index in [-0.39, 0.29) is 23.1 Å². The number of likely N-dealkylation sites (tertiary alicyclic amines) is 1. The van der Waals surface area contributed by atoms with Gasteiger partial charge in [0, 0.05) is 70.7 Å². The predicted octanol–water partition coefficient (Wildman–Crippen LogP) is 7.65. The van der Waals surface area contributed by atoms with Gasteiger partial charge >= 0.3 is 0 Å². The van der Waals surface area contributed by atoms with E-state index in [4.69, 9.17) is 9.47 Å². The van der Waals surface area contributed by atoms with Gasteiger partial charge in [-0.3, -0.25) is 9.59 Å². The van der Waals surface area contributed by atoms with E-state index >= 15 is 0 Å². The molecule has 3 fully saturated rings. The van der Waals surface area contributed by atoms with Crippen LogP contribution < -0.4 is 19.7 Å². The number of benzene rings is 4. The van der Waals surface area contributed by atoms with Gasteiger partial charge in [-0.05, 0) is 117 Å². The van der Waals surface area contributed by atoms with Crippen molar-refractivity contribution in [2.75, 3.05) is 51.3 Å². The van der Waals surface area contributed by atoms with E-state index in [0.29, 0.717) is 49.1 Å². The number of carbonyl (C=O) groups is 2. The zero-order valence-electron chi connectivity index (χ0n) is 33.6. The number of aryl methyl sites for hydroxylation is 1. The van der Waals surface area contributed by atoms with Crippen LogP contribution in [-0.2, 0) is 23.2 Å². The average molecular weight is 779 g/mol. The van der Waals surface area contributed by atoms with Gasteiger partial charge in [-0.15, -0.1) is 0 Å². The number of phenolic OH excluding ortho intramolecular Hbond substituents is 1. The van der Waals surface area contributed by atoms with Crippen molar-refractivity contribution in [2.45, 2.75) is 81.2 Å². The van der Waals surface area contributed by atoms with Crippen LogP contribution in [0.1, 0.15) is 101 Å². The Balaban J connectivity index is 0.776. The minimum Gasteiger partial charge on any atom is -0.508 e. The Kier molecular flexibility index (Phi) is 9.47. The normalized spacial score (nSPS) is 24.3. The van der Waals surface area contributed by atoms with E-state index in [9.17, 15) is 14.7 Å². The molecule has 4 aromatic carbocycles. The van der Waals surface area contributed by atoms with E-state index in [2.05, 4.69) is 82.4 Å². The second-order valence-corrected chi connectivity index (χ2v) is 17.7. The first-order valence-corrected chi connectivity index (χ1v) is 21.4. The number of ether oxygens (including phenoxy) is 2. The fraction of sp³-hybridized carbons (Fsp3) is 0.429. The molecule has 0 bridgehead atoms. The molecule has 58 heavy (non-hydrogen) atoms. The van der Waals surface area contributed by atoms with Crippen molar-refractivity contribution in [2.24, 2.45) is 5.92 Å². The number of anilines is 1. The Labute approximate surface area is 341 Å². The van der Waals surface area contributed by atoms with Gasteiger partial charge in [-0.2, -0.15) is 0 Å². The summed E-state index contributed by atoms with van der Waals surface area (Å²) in [6.07, 6.45) is 7.68. The third kappa shape index (κ3) is 6.42. The summed E-state index contributed by atoms with van der Waals surface area (Å²) in [6, 6.07) is 27.3. The zero-order chi connectivity index (χ0) is 39.5. The Morgan fingerprint density at radius 3 is 2.47 bits per heavy atom. The van der Waals surface area contributed by atoms with Crippen molar-refractivity contribution in [1.82, 2.24) is 15.1 Å². The average Bonchev–Trinajstić information content (AvgIpc) is 3.78. The van der Waals surface area contributed by atoms with Gasteiger partial charge in [-0.1, -0.05) is 55.1 Å². The first-order chi connectivity index (χ1) is 28.3. The lowest BCUT2D eigenvalue weighted by Gasteiger charge is -2.41. The van der Waals surface area contributed by atoms with E-state index in [1.807, 2.05) is 18.2 Å². The number of rotatable bonds is 7. The molecule has 1 spiro atoms. The van der Waals surface area contributed by atoms with E-state index < -0.39 is 6.04 Å². The van der Waals surface area contributed by atoms with Gasteiger partial charge in [0.15, 0.2) is 0 Å². The van der Waals surface area contributed by atoms with Crippen molar-refractivity contribution in [1.29, 1.82) is 0 Å². The van der Waals surface area contributed by atoms with Gasteiger partial charge in [0.1, 0.15) is 23.3 Å². The highest BCUT2D eigenvalue weighted by molar-refractivity contribution is 6.02. The topological polar surface area (TPSA) is 94.6 Å². The lowest BCUT2D eigenvalue weighted by atomic mass is 9.69. The third-order valence-electron chi connectivity index (χ3n) is 14.5. The molecule has 0 radical (unpaired) electrons. The van der Waals surface area contributed by atoms with Crippen LogP contribution in [0.2, 0.25) is 0 Å². The summed E-state index contributed by atoms with van der Waals surface area (Å²) in [4.78, 5) is 33.2. The summed E-state index contributed by atoms with van der Waals surface area (Å²) in [6.45, 7) is 10.3. The van der Waals surface area contributed by atoms with Gasteiger partial charge in [0.2, 0.25) is 5.91 Å². The molecule has 5 heterocycles. The molecule has 0 aromatic heterocycles. The SMILES string of the molecule is C=C1CC[C@H](N2Cc3c(ccc4c3OCC43CCN(CC4CCN(c5ccc([C@H]6c7ccc(O)cc7CC[C@H]6c6ccccc6)c(OC)c5)CC4)CC3)C2=O)C(=O)N1. The molecule has 3 saturated heterocycles. The minimum atomic E-state index is -0.467. The fourth-order valence-corrected chi connectivity index (χ4v) is 11.3. The number of aromatic hydroxyl groups is 1. The number of hydrogen-bond donors (Lipinski definition) is 2. The maximum absolute atomic E-state index is 13.5. The molecule has 10 rings (SSSR count). The second-order valence-electron chi connectivity index (χ2n) is 17.7. The third-order valence-corrected chi connectivity index (χ3v) is 14.5. The monoisotopic (exact) mass is 778 g/mol. The van der Waals surface area contributed by atoms with Crippen LogP contribution >= 0.6 is 0 Å². The van der Waals surface area contributed by atoms with Crippen LogP contribution in [0.4, 0.5) is 5.69 Å². The molecule has 300 valence electrons. The zero-order valence-corrected chi connectivity index (χ0v) is 33.6. The number of fused-ring (bicyclic) bond motifs is 5. The van der Waals surface area contributed by atoms with Crippen LogP contribution in [0.25, 0.3) is 0 Å². The molecule has 6 aliphatic rings. The van der Waals surface area contributed by atoms with Crippen LogP contribution in [-0.4, -0.2) is 79.2 Å². The maximum Gasteiger partial charge on any atom is 0.255 e. The molecule has 9 heteroatoms. The smallest absolute Gasteiger partial charge is 0.255 e. The maximum atomic E-state index is 13.5. The lowest BCUT2D eigenvalue weighted by Crippen LogP contribution is -2.49. The Morgan fingerprint density at radius 2 is 1.69 bits per heavy atom. The van der Waals surface area contributed by atoms with Crippen molar-refractivity contribution >= 4 is 17.5 Å².